The van der Waals surface area contributed by atoms with Gasteiger partial charge >= 0.3 is 5.97 Å². The van der Waals surface area contributed by atoms with Crippen molar-refractivity contribution in [3.63, 3.8) is 0 Å². The normalized spacial score (nSPS) is 24.8. The summed E-state index contributed by atoms with van der Waals surface area (Å²) in [5.41, 5.74) is 0.899. The average molecular weight is 221 g/mol. The predicted molar refractivity (Wildman–Crippen MR) is 59.3 cm³/mol. The summed E-state index contributed by atoms with van der Waals surface area (Å²) in [6.07, 6.45) is 1.70. The predicted octanol–water partition coefficient (Wildman–Crippen LogP) is 0.942. The Balaban J connectivity index is 2.16. The first-order valence-corrected chi connectivity index (χ1v) is 5.35. The van der Waals surface area contributed by atoms with Crippen LogP contribution in [0.3, 0.4) is 0 Å². The van der Waals surface area contributed by atoms with E-state index in [4.69, 9.17) is 5.11 Å². The number of nitrogens with zero attached hydrogens (tertiary/aromatic N) is 3. The zero-order valence-corrected chi connectivity index (χ0v) is 9.42. The van der Waals surface area contributed by atoms with E-state index in [1.54, 1.807) is 6.20 Å². The largest absolute Gasteiger partial charge is 0.481 e. The van der Waals surface area contributed by atoms with Gasteiger partial charge in [-0.3, -0.25) is 4.79 Å². The van der Waals surface area contributed by atoms with Gasteiger partial charge in [0.1, 0.15) is 0 Å². The quantitative estimate of drug-likeness (QED) is 0.805. The number of hydrogen-bond acceptors (Lipinski definition) is 4. The third-order valence-corrected chi connectivity index (χ3v) is 2.99. The molecule has 86 valence electrons. The molecule has 0 bridgehead atoms. The van der Waals surface area contributed by atoms with Gasteiger partial charge in [0.25, 0.3) is 0 Å². The van der Waals surface area contributed by atoms with Crippen LogP contribution >= 0.6 is 0 Å². The topological polar surface area (TPSA) is 66.3 Å². The van der Waals surface area contributed by atoms with Crippen molar-refractivity contribution in [1.29, 1.82) is 0 Å². The maximum atomic E-state index is 11.0. The molecule has 0 amide bonds. The lowest BCUT2D eigenvalue weighted by atomic mass is 9.99. The lowest BCUT2D eigenvalue weighted by Gasteiger charge is -2.15. The first-order valence-electron chi connectivity index (χ1n) is 5.35. The summed E-state index contributed by atoms with van der Waals surface area (Å²) in [6, 6.07) is 1.83. The highest BCUT2D eigenvalue weighted by molar-refractivity contribution is 5.72. The van der Waals surface area contributed by atoms with Crippen LogP contribution in [0.5, 0.6) is 0 Å². The molecule has 5 nitrogen and oxygen atoms in total. The molecule has 0 saturated carbocycles. The Morgan fingerprint density at radius 3 is 2.88 bits per heavy atom. The Hall–Kier alpha value is -1.65. The first-order chi connectivity index (χ1) is 7.58. The summed E-state index contributed by atoms with van der Waals surface area (Å²) in [5, 5.41) is 9.04. The van der Waals surface area contributed by atoms with Crippen molar-refractivity contribution in [1.82, 2.24) is 9.97 Å². The number of carbonyl (C=O) groups is 1. The van der Waals surface area contributed by atoms with E-state index in [9.17, 15) is 4.79 Å². The molecule has 1 aliphatic heterocycles. The molecule has 2 heterocycles. The maximum absolute atomic E-state index is 11.0. The Bertz CT molecular complexity index is 408. The fourth-order valence-corrected chi connectivity index (χ4v) is 2.04. The van der Waals surface area contributed by atoms with Crippen molar-refractivity contribution in [2.75, 3.05) is 18.0 Å². The van der Waals surface area contributed by atoms with Gasteiger partial charge in [-0.2, -0.15) is 0 Å². The van der Waals surface area contributed by atoms with Gasteiger partial charge in [-0.1, -0.05) is 6.92 Å². The van der Waals surface area contributed by atoms with Gasteiger partial charge in [0.05, 0.1) is 5.92 Å². The third kappa shape index (κ3) is 1.98. The average Bonchev–Trinajstić information content (AvgIpc) is 2.60. The molecule has 1 aromatic rings. The number of aromatic nitrogens is 2. The molecule has 16 heavy (non-hydrogen) atoms. The van der Waals surface area contributed by atoms with Gasteiger partial charge in [0.15, 0.2) is 0 Å². The molecular weight excluding hydrogens is 206 g/mol. The Labute approximate surface area is 94.1 Å². The van der Waals surface area contributed by atoms with Crippen LogP contribution in [0, 0.1) is 18.8 Å². The van der Waals surface area contributed by atoms with Crippen molar-refractivity contribution in [3.8, 4) is 0 Å². The molecule has 0 unspecified atom stereocenters. The summed E-state index contributed by atoms with van der Waals surface area (Å²) < 4.78 is 0. The summed E-state index contributed by atoms with van der Waals surface area (Å²) in [6.45, 7) is 5.06. The van der Waals surface area contributed by atoms with Crippen LogP contribution in [0.2, 0.25) is 0 Å². The van der Waals surface area contributed by atoms with Crippen molar-refractivity contribution < 1.29 is 9.90 Å². The Morgan fingerprint density at radius 2 is 2.31 bits per heavy atom. The zero-order chi connectivity index (χ0) is 11.7. The fraction of sp³-hybridized carbons (Fsp3) is 0.545. The molecule has 2 atom stereocenters. The monoisotopic (exact) mass is 221 g/mol. The van der Waals surface area contributed by atoms with Gasteiger partial charge in [-0.15, -0.1) is 0 Å². The number of carboxylic acids is 1. The van der Waals surface area contributed by atoms with Crippen LogP contribution in [-0.2, 0) is 4.79 Å². The molecule has 1 aliphatic rings. The van der Waals surface area contributed by atoms with Crippen molar-refractivity contribution in [2.45, 2.75) is 13.8 Å². The van der Waals surface area contributed by atoms with Crippen LogP contribution in [0.4, 0.5) is 5.95 Å². The minimum absolute atomic E-state index is 0.140. The Kier molecular flexibility index (Phi) is 2.77. The molecule has 1 saturated heterocycles. The van der Waals surface area contributed by atoms with Gasteiger partial charge in [0, 0.05) is 25.0 Å². The zero-order valence-electron chi connectivity index (χ0n) is 9.42. The second-order valence-corrected chi connectivity index (χ2v) is 4.33. The summed E-state index contributed by atoms with van der Waals surface area (Å²) in [4.78, 5) is 21.4. The summed E-state index contributed by atoms with van der Waals surface area (Å²) >= 11 is 0. The van der Waals surface area contributed by atoms with Crippen LogP contribution in [0.15, 0.2) is 12.3 Å². The van der Waals surface area contributed by atoms with Crippen molar-refractivity contribution in [2.24, 2.45) is 11.8 Å². The minimum Gasteiger partial charge on any atom is -0.481 e. The van der Waals surface area contributed by atoms with Gasteiger partial charge in [-0.05, 0) is 18.9 Å². The van der Waals surface area contributed by atoms with Crippen LogP contribution in [0.25, 0.3) is 0 Å². The summed E-state index contributed by atoms with van der Waals surface area (Å²) in [5.74, 6) is -0.274. The number of aryl methyl sites for hydroxylation is 1. The van der Waals surface area contributed by atoms with E-state index in [1.165, 1.54) is 0 Å². The minimum atomic E-state index is -0.734. The maximum Gasteiger partial charge on any atom is 0.308 e. The molecule has 0 radical (unpaired) electrons. The van der Waals surface area contributed by atoms with E-state index >= 15 is 0 Å². The number of hydrogen-bond donors (Lipinski definition) is 1. The molecule has 1 aromatic heterocycles. The standard InChI is InChI=1S/C11H15N3O2/c1-7-5-14(6-9(7)10(15)16)11-12-4-3-8(2)13-11/h3-4,7,9H,5-6H2,1-2H3,(H,15,16)/t7-,9-/m1/s1. The van der Waals surface area contributed by atoms with Crippen LogP contribution in [-0.4, -0.2) is 34.1 Å². The molecule has 2 rings (SSSR count). The Morgan fingerprint density at radius 1 is 1.56 bits per heavy atom. The molecule has 0 aromatic carbocycles. The van der Waals surface area contributed by atoms with Crippen molar-refractivity contribution in [3.05, 3.63) is 18.0 Å². The fourth-order valence-electron chi connectivity index (χ4n) is 2.04. The number of carboxylic acid groups (broad SMARTS) is 1. The SMILES string of the molecule is Cc1ccnc(N2C[C@@H](C)[C@H](C(=O)O)C2)n1. The number of anilines is 1. The highest BCUT2D eigenvalue weighted by atomic mass is 16.4. The first kappa shape index (κ1) is 10.9. The molecule has 1 fully saturated rings. The van der Waals surface area contributed by atoms with Crippen LogP contribution in [0.1, 0.15) is 12.6 Å². The van der Waals surface area contributed by atoms with E-state index in [2.05, 4.69) is 9.97 Å². The highest BCUT2D eigenvalue weighted by Crippen LogP contribution is 2.25. The van der Waals surface area contributed by atoms with Crippen molar-refractivity contribution >= 4 is 11.9 Å². The molecule has 5 heteroatoms. The third-order valence-electron chi connectivity index (χ3n) is 2.99. The second-order valence-electron chi connectivity index (χ2n) is 4.33. The van der Waals surface area contributed by atoms with Crippen LogP contribution < -0.4 is 4.90 Å². The molecule has 1 N–H and O–H groups in total. The second kappa shape index (κ2) is 4.08. The molecular formula is C11H15N3O2. The van der Waals surface area contributed by atoms with E-state index in [0.29, 0.717) is 19.0 Å². The smallest absolute Gasteiger partial charge is 0.308 e. The lowest BCUT2D eigenvalue weighted by molar-refractivity contribution is -0.142. The van der Waals surface area contributed by atoms with Gasteiger partial charge < -0.3 is 10.0 Å². The van der Waals surface area contributed by atoms with Gasteiger partial charge in [0.2, 0.25) is 5.95 Å². The molecule has 0 aliphatic carbocycles. The number of rotatable bonds is 2. The van der Waals surface area contributed by atoms with E-state index < -0.39 is 5.97 Å². The highest BCUT2D eigenvalue weighted by Gasteiger charge is 2.35. The number of aliphatic carboxylic acids is 1. The lowest BCUT2D eigenvalue weighted by Crippen LogP contribution is -2.24. The molecule has 0 spiro atoms. The van der Waals surface area contributed by atoms with E-state index in [-0.39, 0.29) is 11.8 Å². The summed E-state index contributed by atoms with van der Waals surface area (Å²) in [7, 11) is 0. The van der Waals surface area contributed by atoms with E-state index in [0.717, 1.165) is 5.69 Å². The van der Waals surface area contributed by atoms with Gasteiger partial charge in [-0.25, -0.2) is 9.97 Å². The van der Waals surface area contributed by atoms with E-state index in [1.807, 2.05) is 24.8 Å².